The Labute approximate surface area is 217 Å². The number of fused-ring (bicyclic) bond motifs is 3. The molecule has 7 rings (SSSR count). The minimum Gasteiger partial charge on any atom is -0.296 e. The van der Waals surface area contributed by atoms with E-state index in [2.05, 4.69) is 58.0 Å². The van der Waals surface area contributed by atoms with E-state index < -0.39 is 5.76 Å². The van der Waals surface area contributed by atoms with Crippen molar-refractivity contribution in [2.75, 3.05) is 0 Å². The Morgan fingerprint density at radius 1 is 1.11 bits per heavy atom. The van der Waals surface area contributed by atoms with Gasteiger partial charge in [-0.2, -0.15) is 0 Å². The van der Waals surface area contributed by atoms with Crippen molar-refractivity contribution >= 4 is 33.9 Å². The number of allylic oxidation sites excluding steroid dienone is 1. The third kappa shape index (κ3) is 3.49. The van der Waals surface area contributed by atoms with Gasteiger partial charge in [0.25, 0.3) is 0 Å². The van der Waals surface area contributed by atoms with Gasteiger partial charge in [-0.05, 0) is 85.1 Å². The fourth-order valence-corrected chi connectivity index (χ4v) is 5.84. The lowest BCUT2D eigenvalue weighted by Gasteiger charge is -2.19. The van der Waals surface area contributed by atoms with Crippen molar-refractivity contribution in [1.29, 1.82) is 0 Å². The molecule has 0 aliphatic heterocycles. The molecule has 0 radical (unpaired) electrons. The van der Waals surface area contributed by atoms with Gasteiger partial charge in [-0.25, -0.2) is 14.8 Å². The van der Waals surface area contributed by atoms with Crippen LogP contribution < -0.4 is 5.76 Å². The molecule has 1 saturated carbocycles. The average molecular weight is 510 g/mol. The predicted molar refractivity (Wildman–Crippen MR) is 143 cm³/mol. The second-order valence-electron chi connectivity index (χ2n) is 9.88. The van der Waals surface area contributed by atoms with Crippen LogP contribution in [0, 0.1) is 6.92 Å². The van der Waals surface area contributed by atoms with E-state index in [-0.39, 0.29) is 0 Å². The van der Waals surface area contributed by atoms with Crippen molar-refractivity contribution < 1.29 is 4.52 Å². The summed E-state index contributed by atoms with van der Waals surface area (Å²) in [6.07, 6.45) is 5.80. The van der Waals surface area contributed by atoms with Crippen molar-refractivity contribution in [3.05, 3.63) is 104 Å². The predicted octanol–water partition coefficient (Wildman–Crippen LogP) is 6.01. The number of H-pyrrole nitrogens is 1. The van der Waals surface area contributed by atoms with Gasteiger partial charge in [0.15, 0.2) is 11.5 Å². The van der Waals surface area contributed by atoms with Gasteiger partial charge in [-0.3, -0.25) is 14.1 Å². The molecule has 0 unspecified atom stereocenters. The zero-order chi connectivity index (χ0) is 25.3. The Morgan fingerprint density at radius 3 is 2.73 bits per heavy atom. The molecule has 2 aliphatic rings. The average Bonchev–Trinajstić information content (AvgIpc) is 3.57. The van der Waals surface area contributed by atoms with Crippen molar-refractivity contribution in [2.24, 2.45) is 0 Å². The molecule has 0 amide bonds. The van der Waals surface area contributed by atoms with E-state index in [1.54, 1.807) is 12.3 Å². The number of nitrogens with one attached hydrogen (secondary N) is 1. The standard InChI is InChI=1S/C29H24ClN5O2/c1-15-19-10-9-17-5-3-4-6-20(17)24(16(2)26-33-29(36)37-34-26)21(19)11-12-23(15)35-27(18-7-8-18)32-25-22(30)13-14-31-28(25)35/h3-6,11-14,18H,7-10H2,1-2H3,(H,33,34,36)/b24-16+. The molecular weight excluding hydrogens is 486 g/mol. The van der Waals surface area contributed by atoms with Gasteiger partial charge < -0.3 is 0 Å². The van der Waals surface area contributed by atoms with Crippen molar-refractivity contribution in [3.63, 3.8) is 0 Å². The molecule has 0 spiro atoms. The van der Waals surface area contributed by atoms with Gasteiger partial charge in [0.1, 0.15) is 11.3 Å². The number of aromatic amines is 1. The summed E-state index contributed by atoms with van der Waals surface area (Å²) in [7, 11) is 0. The van der Waals surface area contributed by atoms with E-state index in [1.807, 2.05) is 6.92 Å². The summed E-state index contributed by atoms with van der Waals surface area (Å²) in [5.74, 6) is 1.34. The molecule has 37 heavy (non-hydrogen) atoms. The first-order valence-electron chi connectivity index (χ1n) is 12.5. The van der Waals surface area contributed by atoms with Crippen molar-refractivity contribution in [3.8, 4) is 5.69 Å². The maximum absolute atomic E-state index is 11.8. The molecule has 184 valence electrons. The molecule has 3 heterocycles. The number of aryl methyl sites for hydroxylation is 1. The summed E-state index contributed by atoms with van der Waals surface area (Å²) in [6.45, 7) is 4.17. The first-order chi connectivity index (χ1) is 18.0. The molecule has 1 fully saturated rings. The number of benzene rings is 2. The van der Waals surface area contributed by atoms with Gasteiger partial charge in [0, 0.05) is 17.7 Å². The van der Waals surface area contributed by atoms with E-state index in [9.17, 15) is 4.79 Å². The zero-order valence-corrected chi connectivity index (χ0v) is 21.3. The summed E-state index contributed by atoms with van der Waals surface area (Å²) in [5.41, 5.74) is 10.5. The smallest absolute Gasteiger partial charge is 0.296 e. The first kappa shape index (κ1) is 22.2. The van der Waals surface area contributed by atoms with Crippen LogP contribution in [0.1, 0.15) is 65.1 Å². The summed E-state index contributed by atoms with van der Waals surface area (Å²) in [6, 6.07) is 14.6. The van der Waals surface area contributed by atoms with Crippen molar-refractivity contribution in [1.82, 2.24) is 24.7 Å². The molecular formula is C29H24ClN5O2. The Hall–Kier alpha value is -3.97. The normalized spacial score (nSPS) is 16.4. The number of nitrogens with zero attached hydrogens (tertiary/aromatic N) is 4. The van der Waals surface area contributed by atoms with Crippen LogP contribution in [0.5, 0.6) is 0 Å². The maximum atomic E-state index is 11.8. The third-order valence-electron chi connectivity index (χ3n) is 7.65. The lowest BCUT2D eigenvalue weighted by atomic mass is 9.88. The lowest BCUT2D eigenvalue weighted by Crippen LogP contribution is -2.07. The lowest BCUT2D eigenvalue weighted by molar-refractivity contribution is 0.385. The highest BCUT2D eigenvalue weighted by molar-refractivity contribution is 6.34. The van der Waals surface area contributed by atoms with Crippen LogP contribution in [-0.4, -0.2) is 24.7 Å². The quantitative estimate of drug-likeness (QED) is 0.321. The van der Waals surface area contributed by atoms with Gasteiger partial charge in [0.05, 0.1) is 10.7 Å². The summed E-state index contributed by atoms with van der Waals surface area (Å²) >= 11 is 6.54. The van der Waals surface area contributed by atoms with E-state index in [0.717, 1.165) is 70.6 Å². The SMILES string of the molecule is C/C(=C1/c2ccccc2CCc2c1ccc(-n1c(C3CC3)nc3c(Cl)ccnc31)c2C)c1noc(=O)[nH]1. The minimum atomic E-state index is -0.561. The van der Waals surface area contributed by atoms with E-state index in [0.29, 0.717) is 16.8 Å². The number of pyridine rings is 1. The van der Waals surface area contributed by atoms with Crippen LogP contribution >= 0.6 is 11.6 Å². The Bertz CT molecular complexity index is 1800. The fourth-order valence-electron chi connectivity index (χ4n) is 5.66. The van der Waals surface area contributed by atoms with E-state index in [1.165, 1.54) is 16.7 Å². The zero-order valence-electron chi connectivity index (χ0n) is 20.5. The number of hydrogen-bond donors (Lipinski definition) is 1. The highest BCUT2D eigenvalue weighted by atomic mass is 35.5. The monoisotopic (exact) mass is 509 g/mol. The molecule has 0 bridgehead atoms. The second-order valence-corrected chi connectivity index (χ2v) is 10.3. The van der Waals surface area contributed by atoms with Gasteiger partial charge in [-0.1, -0.05) is 47.1 Å². The van der Waals surface area contributed by atoms with E-state index in [4.69, 9.17) is 26.1 Å². The number of halogens is 1. The minimum absolute atomic E-state index is 0.425. The highest BCUT2D eigenvalue weighted by Crippen LogP contribution is 2.44. The molecule has 3 aromatic heterocycles. The Kier molecular flexibility index (Phi) is 4.98. The molecule has 2 aliphatic carbocycles. The molecule has 8 heteroatoms. The molecule has 5 aromatic rings. The van der Waals surface area contributed by atoms with Crippen LogP contribution in [0.4, 0.5) is 0 Å². The number of imidazole rings is 1. The fraction of sp³-hybridized carbons (Fsp3) is 0.241. The van der Waals surface area contributed by atoms with Gasteiger partial charge >= 0.3 is 5.76 Å². The van der Waals surface area contributed by atoms with Gasteiger partial charge in [-0.15, -0.1) is 0 Å². The summed E-state index contributed by atoms with van der Waals surface area (Å²) in [5, 5.41) is 4.62. The third-order valence-corrected chi connectivity index (χ3v) is 7.95. The number of hydrogen-bond acceptors (Lipinski definition) is 5. The van der Waals surface area contributed by atoms with Gasteiger partial charge in [0.2, 0.25) is 0 Å². The van der Waals surface area contributed by atoms with Crippen LogP contribution in [0.3, 0.4) is 0 Å². The van der Waals surface area contributed by atoms with Crippen LogP contribution in [0.2, 0.25) is 5.02 Å². The molecule has 1 N–H and O–H groups in total. The molecule has 2 aromatic carbocycles. The number of rotatable bonds is 3. The van der Waals surface area contributed by atoms with Crippen LogP contribution in [0.25, 0.3) is 28.0 Å². The van der Waals surface area contributed by atoms with Crippen LogP contribution in [-0.2, 0) is 12.8 Å². The van der Waals surface area contributed by atoms with Crippen LogP contribution in [0.15, 0.2) is 58.0 Å². The molecule has 0 atom stereocenters. The Balaban J connectivity index is 1.50. The highest BCUT2D eigenvalue weighted by Gasteiger charge is 2.32. The maximum Gasteiger partial charge on any atom is 0.439 e. The van der Waals surface area contributed by atoms with E-state index >= 15 is 0 Å². The molecule has 7 nitrogen and oxygen atoms in total. The molecule has 0 saturated heterocycles. The first-order valence-corrected chi connectivity index (χ1v) is 12.9. The summed E-state index contributed by atoms with van der Waals surface area (Å²) in [4.78, 5) is 24.1. The topological polar surface area (TPSA) is 89.6 Å². The largest absolute Gasteiger partial charge is 0.439 e. The second kappa shape index (κ2) is 8.28. The Morgan fingerprint density at radius 2 is 1.95 bits per heavy atom. The summed E-state index contributed by atoms with van der Waals surface area (Å²) < 4.78 is 7.05. The van der Waals surface area contributed by atoms with Crippen molar-refractivity contribution in [2.45, 2.75) is 45.4 Å². The number of aromatic nitrogens is 5.